The van der Waals surface area contributed by atoms with Crippen LogP contribution in [0.2, 0.25) is 0 Å². The first-order chi connectivity index (χ1) is 15.4. The van der Waals surface area contributed by atoms with Gasteiger partial charge < -0.3 is 9.42 Å². The van der Waals surface area contributed by atoms with E-state index in [1.54, 1.807) is 48.2 Å². The van der Waals surface area contributed by atoms with Crippen LogP contribution in [-0.4, -0.2) is 59.8 Å². The molecule has 0 unspecified atom stereocenters. The predicted molar refractivity (Wildman–Crippen MR) is 120 cm³/mol. The van der Waals surface area contributed by atoms with Gasteiger partial charge in [0.2, 0.25) is 21.7 Å². The number of piperazine rings is 1. The molecule has 1 saturated heterocycles. The average Bonchev–Trinajstić information content (AvgIpc) is 3.26. The van der Waals surface area contributed by atoms with Crippen LogP contribution in [0.4, 0.5) is 0 Å². The van der Waals surface area contributed by atoms with E-state index in [1.165, 1.54) is 4.31 Å². The van der Waals surface area contributed by atoms with Crippen molar-refractivity contribution in [3.05, 3.63) is 65.5 Å². The molecule has 168 valence electrons. The van der Waals surface area contributed by atoms with Crippen LogP contribution in [0, 0.1) is 6.92 Å². The molecule has 2 aromatic carbocycles. The molecular formula is C23H26N4O4S. The van der Waals surface area contributed by atoms with Gasteiger partial charge >= 0.3 is 0 Å². The van der Waals surface area contributed by atoms with E-state index in [1.807, 2.05) is 12.1 Å². The van der Waals surface area contributed by atoms with Crippen LogP contribution in [0.15, 0.2) is 57.9 Å². The monoisotopic (exact) mass is 454 g/mol. The third-order valence-corrected chi connectivity index (χ3v) is 7.46. The zero-order valence-electron chi connectivity index (χ0n) is 18.2. The van der Waals surface area contributed by atoms with Gasteiger partial charge in [-0.1, -0.05) is 42.8 Å². The van der Waals surface area contributed by atoms with E-state index in [-0.39, 0.29) is 19.0 Å². The molecule has 0 bridgehead atoms. The fourth-order valence-corrected chi connectivity index (χ4v) is 5.18. The third-order valence-electron chi connectivity index (χ3n) is 5.54. The Hall–Kier alpha value is -3.04. The van der Waals surface area contributed by atoms with Crippen molar-refractivity contribution in [1.82, 2.24) is 19.3 Å². The summed E-state index contributed by atoms with van der Waals surface area (Å²) in [5.41, 5.74) is 2.43. The van der Waals surface area contributed by atoms with Gasteiger partial charge in [-0.3, -0.25) is 4.79 Å². The minimum absolute atomic E-state index is 0.123. The van der Waals surface area contributed by atoms with E-state index < -0.39 is 10.0 Å². The van der Waals surface area contributed by atoms with E-state index in [0.29, 0.717) is 35.3 Å². The summed E-state index contributed by atoms with van der Waals surface area (Å²) in [6.07, 6.45) is 1.94. The van der Waals surface area contributed by atoms with Gasteiger partial charge in [0.15, 0.2) is 0 Å². The van der Waals surface area contributed by atoms with E-state index >= 15 is 0 Å². The van der Waals surface area contributed by atoms with Crippen molar-refractivity contribution in [3.63, 3.8) is 0 Å². The van der Waals surface area contributed by atoms with Gasteiger partial charge in [-0.05, 0) is 36.2 Å². The summed E-state index contributed by atoms with van der Waals surface area (Å²) in [6.45, 7) is 5.04. The lowest BCUT2D eigenvalue weighted by molar-refractivity contribution is 0.0698. The first kappa shape index (κ1) is 22.2. The van der Waals surface area contributed by atoms with Crippen LogP contribution in [-0.2, 0) is 16.4 Å². The zero-order valence-corrected chi connectivity index (χ0v) is 19.0. The number of nitrogens with zero attached hydrogens (tertiary/aromatic N) is 4. The maximum absolute atomic E-state index is 13.0. The molecule has 0 saturated carbocycles. The molecule has 1 aliphatic heterocycles. The number of carbonyl (C=O) groups excluding carboxylic acids is 1. The van der Waals surface area contributed by atoms with Crippen LogP contribution in [0.3, 0.4) is 0 Å². The summed E-state index contributed by atoms with van der Waals surface area (Å²) in [7, 11) is -3.57. The van der Waals surface area contributed by atoms with Crippen molar-refractivity contribution in [2.24, 2.45) is 0 Å². The van der Waals surface area contributed by atoms with Crippen molar-refractivity contribution in [3.8, 4) is 11.4 Å². The third kappa shape index (κ3) is 4.58. The molecule has 1 amide bonds. The standard InChI is InChI=1S/C23H26N4O4S/c1-3-4-18-5-11-21(12-6-18)32(29,30)27-15-13-26(14-16-27)23(28)20-9-7-19(8-10-20)22-24-17(2)31-25-22/h5-12H,3-4,13-16H2,1-2H3. The molecule has 4 rings (SSSR count). The summed E-state index contributed by atoms with van der Waals surface area (Å²) >= 11 is 0. The molecule has 3 aromatic rings. The van der Waals surface area contributed by atoms with Crippen LogP contribution >= 0.6 is 0 Å². The number of amides is 1. The lowest BCUT2D eigenvalue weighted by atomic mass is 10.1. The summed E-state index contributed by atoms with van der Waals surface area (Å²) < 4.78 is 32.4. The maximum Gasteiger partial charge on any atom is 0.253 e. The first-order valence-electron chi connectivity index (χ1n) is 10.7. The fourth-order valence-electron chi connectivity index (χ4n) is 3.76. The minimum Gasteiger partial charge on any atom is -0.339 e. The highest BCUT2D eigenvalue weighted by Crippen LogP contribution is 2.21. The number of sulfonamides is 1. The molecular weight excluding hydrogens is 428 g/mol. The molecule has 0 spiro atoms. The normalized spacial score (nSPS) is 15.1. The second-order valence-electron chi connectivity index (χ2n) is 7.80. The Balaban J connectivity index is 1.39. The summed E-state index contributed by atoms with van der Waals surface area (Å²) in [5, 5.41) is 3.88. The smallest absolute Gasteiger partial charge is 0.253 e. The molecule has 8 nitrogen and oxygen atoms in total. The van der Waals surface area contributed by atoms with Gasteiger partial charge in [0.1, 0.15) is 0 Å². The Bertz CT molecular complexity index is 1180. The van der Waals surface area contributed by atoms with Gasteiger partial charge in [-0.25, -0.2) is 8.42 Å². The van der Waals surface area contributed by atoms with E-state index in [2.05, 4.69) is 17.1 Å². The number of rotatable bonds is 6. The zero-order chi connectivity index (χ0) is 22.7. The van der Waals surface area contributed by atoms with Crippen molar-refractivity contribution in [2.45, 2.75) is 31.6 Å². The van der Waals surface area contributed by atoms with Crippen LogP contribution in [0.1, 0.15) is 35.2 Å². The van der Waals surface area contributed by atoms with E-state index in [0.717, 1.165) is 24.0 Å². The lowest BCUT2D eigenvalue weighted by Gasteiger charge is -2.34. The predicted octanol–water partition coefficient (Wildman–Crippen LogP) is 3.14. The number of aromatic nitrogens is 2. The summed E-state index contributed by atoms with van der Waals surface area (Å²) in [6, 6.07) is 14.1. The van der Waals surface area contributed by atoms with E-state index in [9.17, 15) is 13.2 Å². The number of aryl methyl sites for hydroxylation is 2. The van der Waals surface area contributed by atoms with Crippen LogP contribution in [0.5, 0.6) is 0 Å². The molecule has 2 heterocycles. The number of hydrogen-bond acceptors (Lipinski definition) is 6. The number of carbonyl (C=O) groups is 1. The molecule has 0 N–H and O–H groups in total. The highest BCUT2D eigenvalue weighted by Gasteiger charge is 2.30. The van der Waals surface area contributed by atoms with Gasteiger partial charge in [-0.15, -0.1) is 0 Å². The number of benzene rings is 2. The maximum atomic E-state index is 13.0. The highest BCUT2D eigenvalue weighted by atomic mass is 32.2. The number of hydrogen-bond donors (Lipinski definition) is 0. The Morgan fingerprint density at radius 2 is 1.66 bits per heavy atom. The van der Waals surface area contributed by atoms with Crippen LogP contribution in [0.25, 0.3) is 11.4 Å². The molecule has 32 heavy (non-hydrogen) atoms. The van der Waals surface area contributed by atoms with E-state index in [4.69, 9.17) is 4.52 Å². The average molecular weight is 455 g/mol. The Labute approximate surface area is 187 Å². The summed E-state index contributed by atoms with van der Waals surface area (Å²) in [5.74, 6) is 0.828. The minimum atomic E-state index is -3.57. The van der Waals surface area contributed by atoms with Crippen molar-refractivity contribution in [1.29, 1.82) is 0 Å². The molecule has 9 heteroatoms. The Morgan fingerprint density at radius 3 is 2.22 bits per heavy atom. The SMILES string of the molecule is CCCc1ccc(S(=O)(=O)N2CCN(C(=O)c3ccc(-c4noc(C)n4)cc3)CC2)cc1. The first-order valence-corrected chi connectivity index (χ1v) is 12.1. The van der Waals surface area contributed by atoms with Gasteiger partial charge in [0, 0.05) is 44.2 Å². The fraction of sp³-hybridized carbons (Fsp3) is 0.348. The highest BCUT2D eigenvalue weighted by molar-refractivity contribution is 7.89. The molecule has 1 aliphatic rings. The topological polar surface area (TPSA) is 96.6 Å². The molecule has 0 atom stereocenters. The van der Waals surface area contributed by atoms with Gasteiger partial charge in [-0.2, -0.15) is 9.29 Å². The van der Waals surface area contributed by atoms with Crippen molar-refractivity contribution in [2.75, 3.05) is 26.2 Å². The second kappa shape index (κ2) is 9.22. The van der Waals surface area contributed by atoms with Gasteiger partial charge in [0.25, 0.3) is 5.91 Å². The molecule has 0 aliphatic carbocycles. The second-order valence-corrected chi connectivity index (χ2v) is 9.74. The molecule has 1 aromatic heterocycles. The summed E-state index contributed by atoms with van der Waals surface area (Å²) in [4.78, 5) is 19.0. The van der Waals surface area contributed by atoms with Crippen molar-refractivity contribution < 1.29 is 17.7 Å². The Morgan fingerprint density at radius 1 is 1.00 bits per heavy atom. The molecule has 1 fully saturated rings. The Kier molecular flexibility index (Phi) is 6.38. The molecule has 0 radical (unpaired) electrons. The van der Waals surface area contributed by atoms with Gasteiger partial charge in [0.05, 0.1) is 4.90 Å². The largest absolute Gasteiger partial charge is 0.339 e. The van der Waals surface area contributed by atoms with Crippen LogP contribution < -0.4 is 0 Å². The van der Waals surface area contributed by atoms with Crippen molar-refractivity contribution >= 4 is 15.9 Å². The lowest BCUT2D eigenvalue weighted by Crippen LogP contribution is -2.50. The quantitative estimate of drug-likeness (QED) is 0.568.